The van der Waals surface area contributed by atoms with Crippen molar-refractivity contribution in [1.29, 1.82) is 0 Å². The molecule has 0 amide bonds. The second-order valence-electron chi connectivity index (χ2n) is 4.18. The predicted octanol–water partition coefficient (Wildman–Crippen LogP) is 2.87. The lowest BCUT2D eigenvalue weighted by atomic mass is 9.81. The van der Waals surface area contributed by atoms with Crippen molar-refractivity contribution in [3.63, 3.8) is 0 Å². The van der Waals surface area contributed by atoms with Gasteiger partial charge in [0.1, 0.15) is 5.78 Å². The molecule has 2 rings (SSSR count). The molecule has 0 heterocycles. The highest BCUT2D eigenvalue weighted by molar-refractivity contribution is 5.78. The first kappa shape index (κ1) is 9.76. The summed E-state index contributed by atoms with van der Waals surface area (Å²) in [5, 5.41) is 0. The summed E-state index contributed by atoms with van der Waals surface area (Å²) in [5.41, 5.74) is 0. The molecule has 12 heavy (non-hydrogen) atoms. The largest absolute Gasteiger partial charge is 0.300 e. The highest BCUT2D eigenvalue weighted by atomic mass is 16.1. The quantitative estimate of drug-likeness (QED) is 0.541. The van der Waals surface area contributed by atoms with Crippen LogP contribution in [0.4, 0.5) is 0 Å². The van der Waals surface area contributed by atoms with Gasteiger partial charge in [-0.2, -0.15) is 0 Å². The number of rotatable bonds is 0. The lowest BCUT2D eigenvalue weighted by Gasteiger charge is -2.25. The smallest absolute Gasteiger partial charge is 0.133 e. The molecule has 0 aromatic carbocycles. The Bertz CT molecular complexity index is 162. The number of carbonyl (C=O) groups excluding carboxylic acids is 1. The van der Waals surface area contributed by atoms with Crippen LogP contribution in [-0.4, -0.2) is 5.78 Å². The van der Waals surface area contributed by atoms with E-state index in [1.54, 1.807) is 0 Å². The van der Waals surface area contributed by atoms with Gasteiger partial charge in [0.15, 0.2) is 0 Å². The molecule has 2 bridgehead atoms. The van der Waals surface area contributed by atoms with E-state index in [0.29, 0.717) is 5.78 Å². The highest BCUT2D eigenvalue weighted by Gasteiger charge is 2.27. The molecule has 2 saturated carbocycles. The summed E-state index contributed by atoms with van der Waals surface area (Å²) in [5.74, 6) is 2.20. The fourth-order valence-corrected chi connectivity index (χ4v) is 2.64. The van der Waals surface area contributed by atoms with Crippen molar-refractivity contribution >= 4 is 5.78 Å². The molecule has 0 aliphatic heterocycles. The van der Waals surface area contributed by atoms with Gasteiger partial charge < -0.3 is 0 Å². The van der Waals surface area contributed by atoms with Gasteiger partial charge in [-0.05, 0) is 24.7 Å². The monoisotopic (exact) mass is 166 g/mol. The van der Waals surface area contributed by atoms with Crippen LogP contribution in [0.3, 0.4) is 0 Å². The van der Waals surface area contributed by atoms with Crippen LogP contribution < -0.4 is 0 Å². The first-order valence-electron chi connectivity index (χ1n) is 4.86. The first-order valence-corrected chi connectivity index (χ1v) is 4.86. The van der Waals surface area contributed by atoms with Crippen LogP contribution in [0.1, 0.15) is 44.9 Å². The Balaban J connectivity index is 0.000000720. The van der Waals surface area contributed by atoms with Crippen molar-refractivity contribution < 1.29 is 4.79 Å². The van der Waals surface area contributed by atoms with E-state index < -0.39 is 0 Å². The van der Waals surface area contributed by atoms with Crippen molar-refractivity contribution in [2.45, 2.75) is 44.9 Å². The van der Waals surface area contributed by atoms with Gasteiger partial charge in [0.05, 0.1) is 0 Å². The number of hydrogen-bond donors (Lipinski definition) is 0. The van der Waals surface area contributed by atoms with E-state index in [1.807, 2.05) is 0 Å². The average molecular weight is 166 g/mol. The minimum atomic E-state index is 0. The van der Waals surface area contributed by atoms with E-state index in [0.717, 1.165) is 24.7 Å². The fourth-order valence-electron chi connectivity index (χ4n) is 2.64. The molecular formula is C11H18O. The second-order valence-corrected chi connectivity index (χ2v) is 4.18. The number of carbonyl (C=O) groups is 1. The summed E-state index contributed by atoms with van der Waals surface area (Å²) in [7, 11) is 0. The summed E-state index contributed by atoms with van der Waals surface area (Å²) >= 11 is 0. The average Bonchev–Trinajstić information content (AvgIpc) is 2.12. The Morgan fingerprint density at radius 1 is 1.08 bits per heavy atom. The molecule has 0 N–H and O–H groups in total. The van der Waals surface area contributed by atoms with Crippen molar-refractivity contribution in [2.75, 3.05) is 0 Å². The second kappa shape index (κ2) is 4.06. The Hall–Kier alpha value is -0.330. The van der Waals surface area contributed by atoms with E-state index in [-0.39, 0.29) is 7.43 Å². The van der Waals surface area contributed by atoms with Crippen LogP contribution in [0.15, 0.2) is 0 Å². The standard InChI is InChI=1S/C10H16O.CH2/c11-10-5-4-8-2-1-3-9(6-8)7-10;/h8-9H,1-7H2;1H2. The Kier molecular flexibility index (Phi) is 3.30. The lowest BCUT2D eigenvalue weighted by Crippen LogP contribution is -2.13. The van der Waals surface area contributed by atoms with Crippen LogP contribution in [0.2, 0.25) is 0 Å². The van der Waals surface area contributed by atoms with Crippen molar-refractivity contribution in [1.82, 2.24) is 0 Å². The fraction of sp³-hybridized carbons (Fsp3) is 0.818. The van der Waals surface area contributed by atoms with Gasteiger partial charge in [-0.15, -0.1) is 0 Å². The number of fused-ring (bicyclic) bond motifs is 2. The molecule has 1 heteroatoms. The van der Waals surface area contributed by atoms with Crippen molar-refractivity contribution in [3.8, 4) is 0 Å². The van der Waals surface area contributed by atoms with Crippen LogP contribution >= 0.6 is 0 Å². The lowest BCUT2D eigenvalue weighted by molar-refractivity contribution is -0.119. The molecule has 1 nitrogen and oxygen atoms in total. The van der Waals surface area contributed by atoms with Crippen LogP contribution in [0.5, 0.6) is 0 Å². The zero-order valence-electron chi connectivity index (χ0n) is 7.72. The molecule has 0 saturated heterocycles. The van der Waals surface area contributed by atoms with Gasteiger partial charge in [-0.25, -0.2) is 0 Å². The third kappa shape index (κ3) is 2.09. The van der Waals surface area contributed by atoms with Gasteiger partial charge in [-0.3, -0.25) is 4.79 Å². The van der Waals surface area contributed by atoms with Gasteiger partial charge in [0.2, 0.25) is 0 Å². The van der Waals surface area contributed by atoms with E-state index in [1.165, 1.54) is 32.1 Å². The van der Waals surface area contributed by atoms with Crippen LogP contribution in [0.25, 0.3) is 0 Å². The molecule has 2 fully saturated rings. The molecule has 2 aliphatic rings. The van der Waals surface area contributed by atoms with Crippen LogP contribution in [-0.2, 0) is 4.79 Å². The minimum absolute atomic E-state index is 0. The topological polar surface area (TPSA) is 17.1 Å². The minimum Gasteiger partial charge on any atom is -0.300 e. The molecular weight excluding hydrogens is 148 g/mol. The highest BCUT2D eigenvalue weighted by Crippen LogP contribution is 2.36. The maximum absolute atomic E-state index is 11.2. The van der Waals surface area contributed by atoms with Gasteiger partial charge in [0, 0.05) is 12.8 Å². The Labute approximate surface area is 75.5 Å². The number of ketones is 1. The molecule has 2 radical (unpaired) electrons. The molecule has 2 aliphatic carbocycles. The number of Topliss-reactive ketones (excluding diaryl/α,β-unsaturated/α-hetero) is 1. The Morgan fingerprint density at radius 3 is 2.67 bits per heavy atom. The molecule has 2 atom stereocenters. The molecule has 0 aromatic rings. The predicted molar refractivity (Wildman–Crippen MR) is 49.7 cm³/mol. The third-order valence-electron chi connectivity index (χ3n) is 3.24. The number of hydrogen-bond acceptors (Lipinski definition) is 1. The van der Waals surface area contributed by atoms with E-state index in [2.05, 4.69) is 0 Å². The summed E-state index contributed by atoms with van der Waals surface area (Å²) in [4.78, 5) is 11.2. The Morgan fingerprint density at radius 2 is 1.83 bits per heavy atom. The van der Waals surface area contributed by atoms with Gasteiger partial charge in [-0.1, -0.05) is 26.7 Å². The maximum Gasteiger partial charge on any atom is 0.133 e. The molecule has 0 spiro atoms. The SMILES string of the molecule is O=C1CCC2CCCC(C1)C2.[CH2]. The first-order chi connectivity index (χ1) is 5.34. The summed E-state index contributed by atoms with van der Waals surface area (Å²) in [6, 6.07) is 0. The maximum atomic E-state index is 11.2. The normalized spacial score (nSPS) is 35.2. The van der Waals surface area contributed by atoms with Gasteiger partial charge >= 0.3 is 0 Å². The molecule has 68 valence electrons. The summed E-state index contributed by atoms with van der Waals surface area (Å²) in [6.07, 6.45) is 8.41. The summed E-state index contributed by atoms with van der Waals surface area (Å²) in [6.45, 7) is 0. The van der Waals surface area contributed by atoms with E-state index in [4.69, 9.17) is 0 Å². The van der Waals surface area contributed by atoms with Gasteiger partial charge in [0.25, 0.3) is 0 Å². The zero-order chi connectivity index (χ0) is 7.68. The van der Waals surface area contributed by atoms with Crippen molar-refractivity contribution in [2.24, 2.45) is 11.8 Å². The van der Waals surface area contributed by atoms with E-state index in [9.17, 15) is 4.79 Å². The zero-order valence-corrected chi connectivity index (χ0v) is 7.72. The third-order valence-corrected chi connectivity index (χ3v) is 3.24. The summed E-state index contributed by atoms with van der Waals surface area (Å²) < 4.78 is 0. The molecule has 0 aromatic heterocycles. The molecule has 2 unspecified atom stereocenters. The van der Waals surface area contributed by atoms with E-state index >= 15 is 0 Å². The van der Waals surface area contributed by atoms with Crippen molar-refractivity contribution in [3.05, 3.63) is 7.43 Å². The van der Waals surface area contributed by atoms with Crippen LogP contribution in [0, 0.1) is 19.3 Å².